The Labute approximate surface area is 125 Å². The molecule has 7 heteroatoms. The van der Waals surface area contributed by atoms with Crippen molar-refractivity contribution < 1.29 is 18.0 Å². The molecule has 1 aliphatic heterocycles. The molecule has 1 amide bonds. The molecule has 21 heavy (non-hydrogen) atoms. The van der Waals surface area contributed by atoms with Crippen LogP contribution in [0, 0.1) is 0 Å². The quantitative estimate of drug-likeness (QED) is 0.876. The van der Waals surface area contributed by atoms with E-state index < -0.39 is 12.1 Å². The summed E-state index contributed by atoms with van der Waals surface area (Å²) in [5.41, 5.74) is 1.00. The van der Waals surface area contributed by atoms with Gasteiger partial charge in [0.25, 0.3) is 0 Å². The highest BCUT2D eigenvalue weighted by atomic mass is 32.2. The molecule has 116 valence electrons. The predicted octanol–water partition coefficient (Wildman–Crippen LogP) is 3.17. The molecule has 0 aliphatic carbocycles. The molecule has 0 radical (unpaired) electrons. The molecule has 0 bridgehead atoms. The number of hydrogen-bond donors (Lipinski definition) is 2. The normalized spacial score (nSPS) is 18.7. The zero-order valence-corrected chi connectivity index (χ0v) is 12.2. The van der Waals surface area contributed by atoms with Crippen LogP contribution in [0.3, 0.4) is 0 Å². The smallest absolute Gasteiger partial charge is 0.318 e. The van der Waals surface area contributed by atoms with Crippen molar-refractivity contribution in [1.82, 2.24) is 5.32 Å². The molecule has 1 aromatic carbocycles. The highest BCUT2D eigenvalue weighted by molar-refractivity contribution is 8.00. The van der Waals surface area contributed by atoms with Gasteiger partial charge in [-0.05, 0) is 36.3 Å². The summed E-state index contributed by atoms with van der Waals surface area (Å²) in [5.74, 6) is -0.749. The molecule has 0 spiro atoms. The van der Waals surface area contributed by atoms with E-state index in [0.717, 1.165) is 12.1 Å². The molecule has 0 aromatic heterocycles. The molecule has 1 aromatic rings. The van der Waals surface area contributed by atoms with Crippen LogP contribution in [0.5, 0.6) is 0 Å². The Hall–Kier alpha value is -1.21. The lowest BCUT2D eigenvalue weighted by Gasteiger charge is -2.12. The first-order valence-corrected chi connectivity index (χ1v) is 7.79. The van der Waals surface area contributed by atoms with Crippen molar-refractivity contribution in [3.63, 3.8) is 0 Å². The van der Waals surface area contributed by atoms with Crippen molar-refractivity contribution in [1.29, 1.82) is 0 Å². The summed E-state index contributed by atoms with van der Waals surface area (Å²) < 4.78 is 36.6. The number of benzene rings is 1. The van der Waals surface area contributed by atoms with Gasteiger partial charge in [-0.15, -0.1) is 0 Å². The van der Waals surface area contributed by atoms with Gasteiger partial charge in [-0.25, -0.2) is 0 Å². The van der Waals surface area contributed by atoms with E-state index in [-0.39, 0.29) is 5.69 Å². The van der Waals surface area contributed by atoms with E-state index in [1.807, 2.05) is 23.1 Å². The summed E-state index contributed by atoms with van der Waals surface area (Å²) in [6, 6.07) is 6.45. The van der Waals surface area contributed by atoms with E-state index in [9.17, 15) is 18.0 Å². The summed E-state index contributed by atoms with van der Waals surface area (Å²) in [7, 11) is 0. The van der Waals surface area contributed by atoms with Crippen molar-refractivity contribution in [3.8, 4) is 0 Å². The Balaban J connectivity index is 1.84. The Morgan fingerprint density at radius 3 is 2.86 bits per heavy atom. The lowest BCUT2D eigenvalue weighted by Crippen LogP contribution is -2.30. The van der Waals surface area contributed by atoms with Crippen LogP contribution in [-0.4, -0.2) is 29.6 Å². The number of thioether (sulfide) groups is 1. The van der Waals surface area contributed by atoms with Crippen molar-refractivity contribution in [2.45, 2.75) is 30.8 Å². The van der Waals surface area contributed by atoms with Crippen molar-refractivity contribution in [2.24, 2.45) is 0 Å². The standard InChI is InChI=1S/C14H17F3N2OS/c15-14(16,17)13(20)19-11-4-1-3-10(7-11)8-18-9-12-5-2-6-21-12/h1,3-4,7,12,18H,2,5-6,8-9H2,(H,19,20). The van der Waals surface area contributed by atoms with Gasteiger partial charge in [0.15, 0.2) is 0 Å². The van der Waals surface area contributed by atoms with Crippen LogP contribution >= 0.6 is 11.8 Å². The average Bonchev–Trinajstić information content (AvgIpc) is 2.91. The molecule has 3 nitrogen and oxygen atoms in total. The number of anilines is 1. The first-order valence-electron chi connectivity index (χ1n) is 6.74. The summed E-state index contributed by atoms with van der Waals surface area (Å²) in [5, 5.41) is 5.78. The van der Waals surface area contributed by atoms with Gasteiger partial charge in [0.05, 0.1) is 0 Å². The van der Waals surface area contributed by atoms with Crippen LogP contribution in [0.1, 0.15) is 18.4 Å². The van der Waals surface area contributed by atoms with E-state index >= 15 is 0 Å². The third-order valence-corrected chi connectivity index (χ3v) is 4.57. The van der Waals surface area contributed by atoms with Crippen LogP contribution in [0.4, 0.5) is 18.9 Å². The van der Waals surface area contributed by atoms with Gasteiger partial charge in [-0.2, -0.15) is 24.9 Å². The largest absolute Gasteiger partial charge is 0.471 e. The second-order valence-corrected chi connectivity index (χ2v) is 6.33. The third kappa shape index (κ3) is 5.24. The van der Waals surface area contributed by atoms with Gasteiger partial charge in [0, 0.05) is 24.0 Å². The van der Waals surface area contributed by atoms with Crippen molar-refractivity contribution in [3.05, 3.63) is 29.8 Å². The van der Waals surface area contributed by atoms with Gasteiger partial charge in [0.2, 0.25) is 0 Å². The second kappa shape index (κ2) is 7.17. The van der Waals surface area contributed by atoms with Crippen LogP contribution in [0.15, 0.2) is 24.3 Å². The number of hydrogen-bond acceptors (Lipinski definition) is 3. The minimum absolute atomic E-state index is 0.159. The fourth-order valence-electron chi connectivity index (χ4n) is 2.14. The summed E-state index contributed by atoms with van der Waals surface area (Å²) in [4.78, 5) is 10.9. The minimum Gasteiger partial charge on any atom is -0.318 e. The van der Waals surface area contributed by atoms with Gasteiger partial charge in [0.1, 0.15) is 0 Å². The maximum absolute atomic E-state index is 12.2. The number of nitrogens with one attached hydrogen (secondary N) is 2. The number of amides is 1. The lowest BCUT2D eigenvalue weighted by atomic mass is 10.2. The fourth-order valence-corrected chi connectivity index (χ4v) is 3.38. The predicted molar refractivity (Wildman–Crippen MR) is 78.3 cm³/mol. The summed E-state index contributed by atoms with van der Waals surface area (Å²) >= 11 is 1.95. The van der Waals surface area contributed by atoms with E-state index in [0.29, 0.717) is 11.8 Å². The van der Waals surface area contributed by atoms with Crippen LogP contribution in [0.2, 0.25) is 0 Å². The molecular weight excluding hydrogens is 301 g/mol. The monoisotopic (exact) mass is 318 g/mol. The molecule has 1 unspecified atom stereocenters. The van der Waals surface area contributed by atoms with E-state index in [1.54, 1.807) is 12.1 Å². The van der Waals surface area contributed by atoms with Gasteiger partial charge in [-0.1, -0.05) is 12.1 Å². The van der Waals surface area contributed by atoms with E-state index in [1.165, 1.54) is 24.7 Å². The summed E-state index contributed by atoms with van der Waals surface area (Å²) in [6.07, 6.45) is -2.41. The Morgan fingerprint density at radius 2 is 2.19 bits per heavy atom. The van der Waals surface area contributed by atoms with Crippen molar-refractivity contribution >= 4 is 23.4 Å². The topological polar surface area (TPSA) is 41.1 Å². The molecule has 1 fully saturated rings. The molecule has 1 saturated heterocycles. The fraction of sp³-hybridized carbons (Fsp3) is 0.500. The highest BCUT2D eigenvalue weighted by Crippen LogP contribution is 2.25. The lowest BCUT2D eigenvalue weighted by molar-refractivity contribution is -0.167. The first-order chi connectivity index (χ1) is 9.95. The third-order valence-electron chi connectivity index (χ3n) is 3.17. The Bertz CT molecular complexity index is 487. The molecule has 1 atom stereocenters. The van der Waals surface area contributed by atoms with Crippen LogP contribution in [0.25, 0.3) is 0 Å². The maximum Gasteiger partial charge on any atom is 0.471 e. The molecule has 2 rings (SSSR count). The number of halogens is 3. The second-order valence-electron chi connectivity index (χ2n) is 4.92. The number of carbonyl (C=O) groups is 1. The average molecular weight is 318 g/mol. The van der Waals surface area contributed by atoms with E-state index in [4.69, 9.17) is 0 Å². The Morgan fingerprint density at radius 1 is 1.38 bits per heavy atom. The molecule has 0 saturated carbocycles. The summed E-state index contributed by atoms with van der Waals surface area (Å²) in [6.45, 7) is 1.47. The van der Waals surface area contributed by atoms with Gasteiger partial charge in [-0.3, -0.25) is 4.79 Å². The first kappa shape index (κ1) is 16.2. The number of alkyl halides is 3. The SMILES string of the molecule is O=C(Nc1cccc(CNCC2CCCS2)c1)C(F)(F)F. The van der Waals surface area contributed by atoms with Crippen LogP contribution in [-0.2, 0) is 11.3 Å². The molecule has 1 heterocycles. The zero-order valence-electron chi connectivity index (χ0n) is 11.4. The number of carbonyl (C=O) groups excluding carboxylic acids is 1. The highest BCUT2D eigenvalue weighted by Gasteiger charge is 2.38. The Kier molecular flexibility index (Phi) is 5.52. The minimum atomic E-state index is -4.87. The zero-order chi connectivity index (χ0) is 15.3. The van der Waals surface area contributed by atoms with Gasteiger partial charge >= 0.3 is 12.1 Å². The molecular formula is C14H17F3N2OS. The number of rotatable bonds is 5. The van der Waals surface area contributed by atoms with Crippen molar-refractivity contribution in [2.75, 3.05) is 17.6 Å². The maximum atomic E-state index is 12.2. The van der Waals surface area contributed by atoms with E-state index in [2.05, 4.69) is 5.32 Å². The van der Waals surface area contributed by atoms with Crippen LogP contribution < -0.4 is 10.6 Å². The molecule has 2 N–H and O–H groups in total. The molecule has 1 aliphatic rings. The van der Waals surface area contributed by atoms with Gasteiger partial charge < -0.3 is 10.6 Å².